The number of carbonyl (C=O) groups is 2. The number of halogens is 1. The summed E-state index contributed by atoms with van der Waals surface area (Å²) in [5.41, 5.74) is 0.758. The standard InChI is InChI=1S/C18H17ClN2O3/c1-11(17(22)12-2-5-14(19)6-3-12)24-18(23)13-4-9-16(20-10-13)21-15-7-8-15/h2-6,9-11,15H,7-8H2,1H3,(H,20,21). The summed E-state index contributed by atoms with van der Waals surface area (Å²) in [4.78, 5) is 28.6. The summed E-state index contributed by atoms with van der Waals surface area (Å²) in [5.74, 6) is -0.116. The van der Waals surface area contributed by atoms with Gasteiger partial charge in [0.15, 0.2) is 6.10 Å². The number of nitrogens with one attached hydrogen (secondary N) is 1. The SMILES string of the molecule is CC(OC(=O)c1ccc(NC2CC2)nc1)C(=O)c1ccc(Cl)cc1. The van der Waals surface area contributed by atoms with Crippen LogP contribution in [-0.4, -0.2) is 28.9 Å². The summed E-state index contributed by atoms with van der Waals surface area (Å²) in [5, 5.41) is 3.78. The van der Waals surface area contributed by atoms with E-state index in [1.165, 1.54) is 6.20 Å². The van der Waals surface area contributed by atoms with Gasteiger partial charge in [0, 0.05) is 22.8 Å². The molecule has 0 aliphatic heterocycles. The van der Waals surface area contributed by atoms with Crippen LogP contribution in [0.1, 0.15) is 40.5 Å². The molecular weight excluding hydrogens is 328 g/mol. The zero-order valence-electron chi connectivity index (χ0n) is 13.2. The number of Topliss-reactive ketones (excluding diaryl/α,β-unsaturated/α-hetero) is 1. The first-order valence-electron chi connectivity index (χ1n) is 7.76. The fourth-order valence-electron chi connectivity index (χ4n) is 2.17. The monoisotopic (exact) mass is 344 g/mol. The summed E-state index contributed by atoms with van der Waals surface area (Å²) >= 11 is 5.80. The molecule has 0 bridgehead atoms. The number of ketones is 1. The topological polar surface area (TPSA) is 68.3 Å². The van der Waals surface area contributed by atoms with Gasteiger partial charge in [-0.05, 0) is 56.2 Å². The van der Waals surface area contributed by atoms with Crippen molar-refractivity contribution in [2.24, 2.45) is 0 Å². The highest BCUT2D eigenvalue weighted by Crippen LogP contribution is 2.23. The van der Waals surface area contributed by atoms with Gasteiger partial charge in [-0.3, -0.25) is 4.79 Å². The summed E-state index contributed by atoms with van der Waals surface area (Å²) in [7, 11) is 0. The predicted molar refractivity (Wildman–Crippen MR) is 91.5 cm³/mol. The highest BCUT2D eigenvalue weighted by molar-refractivity contribution is 6.30. The minimum atomic E-state index is -0.886. The zero-order valence-corrected chi connectivity index (χ0v) is 13.9. The van der Waals surface area contributed by atoms with Crippen LogP contribution in [0.5, 0.6) is 0 Å². The molecule has 1 fully saturated rings. The van der Waals surface area contributed by atoms with Gasteiger partial charge in [-0.15, -0.1) is 0 Å². The molecule has 5 nitrogen and oxygen atoms in total. The van der Waals surface area contributed by atoms with Crippen LogP contribution in [0.2, 0.25) is 5.02 Å². The number of benzene rings is 1. The highest BCUT2D eigenvalue weighted by Gasteiger charge is 2.22. The number of ether oxygens (including phenoxy) is 1. The third-order valence-electron chi connectivity index (χ3n) is 3.71. The molecule has 0 saturated heterocycles. The minimum Gasteiger partial charge on any atom is -0.451 e. The van der Waals surface area contributed by atoms with E-state index in [9.17, 15) is 9.59 Å². The molecule has 6 heteroatoms. The lowest BCUT2D eigenvalue weighted by Gasteiger charge is -2.12. The Hall–Kier alpha value is -2.40. The van der Waals surface area contributed by atoms with E-state index in [-0.39, 0.29) is 5.78 Å². The molecule has 124 valence electrons. The second-order valence-corrected chi connectivity index (χ2v) is 6.21. The molecule has 2 aromatic rings. The second kappa shape index (κ2) is 7.01. The van der Waals surface area contributed by atoms with Gasteiger partial charge in [0.05, 0.1) is 5.56 Å². The molecule has 1 N–H and O–H groups in total. The van der Waals surface area contributed by atoms with E-state index >= 15 is 0 Å². The number of rotatable bonds is 6. The molecule has 24 heavy (non-hydrogen) atoms. The van der Waals surface area contributed by atoms with Crippen molar-refractivity contribution in [2.75, 3.05) is 5.32 Å². The quantitative estimate of drug-likeness (QED) is 0.638. The molecule has 1 aliphatic carbocycles. The van der Waals surface area contributed by atoms with E-state index in [4.69, 9.17) is 16.3 Å². The molecule has 1 aromatic heterocycles. The van der Waals surface area contributed by atoms with Gasteiger partial charge in [-0.1, -0.05) is 11.6 Å². The van der Waals surface area contributed by atoms with Crippen molar-refractivity contribution < 1.29 is 14.3 Å². The van der Waals surface area contributed by atoms with Crippen LogP contribution in [-0.2, 0) is 4.74 Å². The van der Waals surface area contributed by atoms with Crippen LogP contribution < -0.4 is 5.32 Å². The Morgan fingerprint density at radius 2 is 1.83 bits per heavy atom. The second-order valence-electron chi connectivity index (χ2n) is 5.77. The van der Waals surface area contributed by atoms with Gasteiger partial charge in [0.25, 0.3) is 0 Å². The molecule has 3 rings (SSSR count). The molecule has 0 spiro atoms. The Labute approximate surface area is 145 Å². The van der Waals surface area contributed by atoms with E-state index in [0.717, 1.165) is 18.7 Å². The van der Waals surface area contributed by atoms with Crippen LogP contribution in [0.3, 0.4) is 0 Å². The lowest BCUT2D eigenvalue weighted by atomic mass is 10.1. The molecule has 1 atom stereocenters. The summed E-state index contributed by atoms with van der Waals surface area (Å²) in [6.07, 6.45) is 2.86. The highest BCUT2D eigenvalue weighted by atomic mass is 35.5. The van der Waals surface area contributed by atoms with Crippen molar-refractivity contribution in [1.29, 1.82) is 0 Å². The van der Waals surface area contributed by atoms with Gasteiger partial charge in [0.1, 0.15) is 5.82 Å². The molecule has 1 heterocycles. The van der Waals surface area contributed by atoms with E-state index in [1.807, 2.05) is 0 Å². The molecule has 1 aromatic carbocycles. The largest absolute Gasteiger partial charge is 0.451 e. The number of esters is 1. The molecule has 0 radical (unpaired) electrons. The van der Waals surface area contributed by atoms with Gasteiger partial charge in [0.2, 0.25) is 5.78 Å². The van der Waals surface area contributed by atoms with Gasteiger partial charge >= 0.3 is 5.97 Å². The Bertz CT molecular complexity index is 740. The van der Waals surface area contributed by atoms with Gasteiger partial charge in [-0.2, -0.15) is 0 Å². The molecular formula is C18H17ClN2O3. The first kappa shape index (κ1) is 16.5. The summed E-state index contributed by atoms with van der Waals surface area (Å²) < 4.78 is 5.23. The molecule has 1 aliphatic rings. The lowest BCUT2D eigenvalue weighted by Crippen LogP contribution is -2.24. The number of carbonyl (C=O) groups excluding carboxylic acids is 2. The fraction of sp³-hybridized carbons (Fsp3) is 0.278. The molecule has 1 saturated carbocycles. The number of nitrogens with zero attached hydrogens (tertiary/aromatic N) is 1. The van der Waals surface area contributed by atoms with Crippen LogP contribution in [0.25, 0.3) is 0 Å². The van der Waals surface area contributed by atoms with Crippen molar-refractivity contribution in [3.05, 3.63) is 58.7 Å². The maximum Gasteiger partial charge on any atom is 0.340 e. The van der Waals surface area contributed by atoms with Crippen LogP contribution in [0.4, 0.5) is 5.82 Å². The number of aromatic nitrogens is 1. The number of pyridine rings is 1. The number of anilines is 1. The first-order valence-corrected chi connectivity index (χ1v) is 8.14. The first-order chi connectivity index (χ1) is 11.5. The van der Waals surface area contributed by atoms with Gasteiger partial charge < -0.3 is 10.1 Å². The average molecular weight is 345 g/mol. The Kier molecular flexibility index (Phi) is 4.81. The Morgan fingerprint density at radius 3 is 2.42 bits per heavy atom. The van der Waals surface area contributed by atoms with E-state index in [2.05, 4.69) is 10.3 Å². The summed E-state index contributed by atoms with van der Waals surface area (Å²) in [6.45, 7) is 1.55. The van der Waals surface area contributed by atoms with Crippen molar-refractivity contribution in [2.45, 2.75) is 31.9 Å². The number of hydrogen-bond donors (Lipinski definition) is 1. The maximum absolute atomic E-state index is 12.3. The van der Waals surface area contributed by atoms with E-state index in [0.29, 0.717) is 22.2 Å². The van der Waals surface area contributed by atoms with Crippen LogP contribution in [0.15, 0.2) is 42.6 Å². The van der Waals surface area contributed by atoms with Crippen molar-refractivity contribution in [1.82, 2.24) is 4.98 Å². The normalized spacial score (nSPS) is 14.8. The van der Waals surface area contributed by atoms with Crippen molar-refractivity contribution >= 4 is 29.2 Å². The van der Waals surface area contributed by atoms with Gasteiger partial charge in [-0.25, -0.2) is 9.78 Å². The fourth-order valence-corrected chi connectivity index (χ4v) is 2.29. The molecule has 1 unspecified atom stereocenters. The molecule has 0 amide bonds. The number of hydrogen-bond acceptors (Lipinski definition) is 5. The Balaban J connectivity index is 1.60. The smallest absolute Gasteiger partial charge is 0.340 e. The zero-order chi connectivity index (χ0) is 17.1. The van der Waals surface area contributed by atoms with Crippen molar-refractivity contribution in [3.63, 3.8) is 0 Å². The minimum absolute atomic E-state index is 0.278. The van der Waals surface area contributed by atoms with E-state index in [1.54, 1.807) is 43.3 Å². The Morgan fingerprint density at radius 1 is 1.17 bits per heavy atom. The van der Waals surface area contributed by atoms with Crippen molar-refractivity contribution in [3.8, 4) is 0 Å². The third kappa shape index (κ3) is 4.11. The van der Waals surface area contributed by atoms with Crippen LogP contribution >= 0.6 is 11.6 Å². The average Bonchev–Trinajstić information content (AvgIpc) is 3.39. The predicted octanol–water partition coefficient (Wildman–Crippen LogP) is 3.74. The third-order valence-corrected chi connectivity index (χ3v) is 3.96. The maximum atomic E-state index is 12.3. The van der Waals surface area contributed by atoms with Crippen LogP contribution in [0, 0.1) is 0 Å². The summed E-state index contributed by atoms with van der Waals surface area (Å²) in [6, 6.07) is 10.3. The lowest BCUT2D eigenvalue weighted by molar-refractivity contribution is 0.0318. The van der Waals surface area contributed by atoms with E-state index < -0.39 is 12.1 Å².